The average molecular weight is 506 g/mol. The zero-order valence-corrected chi connectivity index (χ0v) is 20.7. The number of halogens is 1. The van der Waals surface area contributed by atoms with Crippen LogP contribution in [0.1, 0.15) is 24.1 Å². The highest BCUT2D eigenvalue weighted by molar-refractivity contribution is 6.30. The Balaban J connectivity index is 1.60. The van der Waals surface area contributed by atoms with Gasteiger partial charge in [0.25, 0.3) is 0 Å². The maximum atomic E-state index is 13.5. The lowest BCUT2D eigenvalue weighted by Gasteiger charge is -2.43. The first-order valence-electron chi connectivity index (χ1n) is 11.6. The highest BCUT2D eigenvalue weighted by atomic mass is 35.5. The first-order valence-corrected chi connectivity index (χ1v) is 12.0. The number of benzene rings is 3. The summed E-state index contributed by atoms with van der Waals surface area (Å²) in [5.74, 6) is 0.520. The number of amides is 1. The Morgan fingerprint density at radius 3 is 2.36 bits per heavy atom. The van der Waals surface area contributed by atoms with Crippen molar-refractivity contribution in [1.29, 1.82) is 0 Å². The Morgan fingerprint density at radius 2 is 1.75 bits per heavy atom. The summed E-state index contributed by atoms with van der Waals surface area (Å²) in [5.41, 5.74) is 1.65. The molecule has 0 spiro atoms. The molecule has 0 aliphatic carbocycles. The largest absolute Gasteiger partial charge is 0.491 e. The Morgan fingerprint density at radius 1 is 1.08 bits per heavy atom. The molecular formula is C28H28ClN3O4. The van der Waals surface area contributed by atoms with Gasteiger partial charge in [-0.15, -0.1) is 0 Å². The van der Waals surface area contributed by atoms with E-state index in [0.29, 0.717) is 28.6 Å². The van der Waals surface area contributed by atoms with Crippen LogP contribution >= 0.6 is 11.6 Å². The van der Waals surface area contributed by atoms with E-state index in [4.69, 9.17) is 28.0 Å². The van der Waals surface area contributed by atoms with Gasteiger partial charge in [0.2, 0.25) is 5.91 Å². The van der Waals surface area contributed by atoms with Crippen molar-refractivity contribution >= 4 is 28.9 Å². The maximum Gasteiger partial charge on any atom is 0.241 e. The van der Waals surface area contributed by atoms with Crippen LogP contribution in [0.25, 0.3) is 4.85 Å². The monoisotopic (exact) mass is 505 g/mol. The third kappa shape index (κ3) is 5.86. The number of aliphatic hydroxyl groups excluding tert-OH is 1. The van der Waals surface area contributed by atoms with E-state index in [9.17, 15) is 9.90 Å². The van der Waals surface area contributed by atoms with Gasteiger partial charge in [-0.3, -0.25) is 9.69 Å². The normalized spacial score (nSPS) is 17.9. The Bertz CT molecular complexity index is 1220. The molecule has 1 amide bonds. The van der Waals surface area contributed by atoms with Crippen molar-refractivity contribution < 1.29 is 19.7 Å². The number of β-amino-alcohol motifs (C(OH)–C–C–N with tert-alkyl or cyclic N) is 1. The van der Waals surface area contributed by atoms with Crippen LogP contribution in [0.4, 0.5) is 11.4 Å². The van der Waals surface area contributed by atoms with Gasteiger partial charge in [0.15, 0.2) is 5.69 Å². The molecule has 0 unspecified atom stereocenters. The van der Waals surface area contributed by atoms with Crippen molar-refractivity contribution in [3.05, 3.63) is 100 Å². The number of ether oxygens (including phenoxy) is 1. The number of aliphatic hydroxyl groups is 2. The number of anilines is 1. The lowest BCUT2D eigenvalue weighted by Crippen LogP contribution is -2.55. The molecule has 0 aromatic heterocycles. The van der Waals surface area contributed by atoms with Gasteiger partial charge in [-0.05, 0) is 54.4 Å². The molecule has 0 bridgehead atoms. The molecule has 2 N–H and O–H groups in total. The van der Waals surface area contributed by atoms with Crippen molar-refractivity contribution in [2.45, 2.75) is 18.6 Å². The molecule has 1 saturated heterocycles. The molecule has 1 fully saturated rings. The van der Waals surface area contributed by atoms with Crippen LogP contribution in [0, 0.1) is 6.57 Å². The quantitative estimate of drug-likeness (QED) is 0.439. The molecular weight excluding hydrogens is 478 g/mol. The van der Waals surface area contributed by atoms with Gasteiger partial charge in [-0.25, -0.2) is 4.85 Å². The second-order valence-corrected chi connectivity index (χ2v) is 9.44. The summed E-state index contributed by atoms with van der Waals surface area (Å²) in [6.07, 6.45) is 0. The van der Waals surface area contributed by atoms with E-state index in [0.717, 1.165) is 11.3 Å². The molecule has 1 heterocycles. The predicted molar refractivity (Wildman–Crippen MR) is 139 cm³/mol. The molecule has 3 aromatic carbocycles. The van der Waals surface area contributed by atoms with Gasteiger partial charge in [0.05, 0.1) is 31.4 Å². The number of piperazine rings is 1. The summed E-state index contributed by atoms with van der Waals surface area (Å²) in [6.45, 7) is 9.88. The van der Waals surface area contributed by atoms with E-state index in [2.05, 4.69) is 4.85 Å². The molecule has 0 saturated carbocycles. The zero-order chi connectivity index (χ0) is 25.7. The van der Waals surface area contributed by atoms with Gasteiger partial charge < -0.3 is 19.8 Å². The smallest absolute Gasteiger partial charge is 0.241 e. The van der Waals surface area contributed by atoms with Crippen molar-refractivity contribution in [2.24, 2.45) is 0 Å². The summed E-state index contributed by atoms with van der Waals surface area (Å²) < 4.78 is 5.46. The summed E-state index contributed by atoms with van der Waals surface area (Å²) in [7, 11) is 0. The van der Waals surface area contributed by atoms with Crippen LogP contribution in [0.5, 0.6) is 5.75 Å². The van der Waals surface area contributed by atoms with Crippen LogP contribution in [0.2, 0.25) is 5.02 Å². The highest BCUT2D eigenvalue weighted by Crippen LogP contribution is 2.34. The third-order valence-electron chi connectivity index (χ3n) is 6.25. The van der Waals surface area contributed by atoms with Crippen molar-refractivity contribution in [1.82, 2.24) is 4.90 Å². The maximum absolute atomic E-state index is 13.5. The first-order chi connectivity index (χ1) is 17.3. The lowest BCUT2D eigenvalue weighted by atomic mass is 9.93. The standard InChI is InChI=1S/C28H28ClN3O4/c1-28(35,21-5-9-23(30-2)10-6-21)19-31-17-26(20-3-7-22(29)8-4-20)32(27(34)18-31)24-11-13-25(14-12-24)36-16-15-33/h3-14,26,33,35H,15-19H2,1H3/t26-,28+/m0/s1. The van der Waals surface area contributed by atoms with Gasteiger partial charge in [0, 0.05) is 23.8 Å². The first kappa shape index (κ1) is 25.7. The third-order valence-corrected chi connectivity index (χ3v) is 6.50. The molecule has 3 aromatic rings. The minimum Gasteiger partial charge on any atom is -0.491 e. The fourth-order valence-electron chi connectivity index (χ4n) is 4.50. The number of rotatable bonds is 8. The van der Waals surface area contributed by atoms with Gasteiger partial charge >= 0.3 is 0 Å². The second-order valence-electron chi connectivity index (χ2n) is 9.00. The van der Waals surface area contributed by atoms with Gasteiger partial charge in [-0.1, -0.05) is 48.0 Å². The van der Waals surface area contributed by atoms with E-state index in [1.807, 2.05) is 29.2 Å². The SMILES string of the molecule is [C-]#[N+]c1ccc([C@](C)(O)CN2CC(=O)N(c3ccc(OCCO)cc3)[C@H](c3ccc(Cl)cc3)C2)cc1. The van der Waals surface area contributed by atoms with E-state index in [1.54, 1.807) is 60.4 Å². The highest BCUT2D eigenvalue weighted by Gasteiger charge is 2.37. The molecule has 2 atom stereocenters. The summed E-state index contributed by atoms with van der Waals surface area (Å²) in [6, 6.07) is 21.2. The number of nitrogens with zero attached hydrogens (tertiary/aromatic N) is 3. The fraction of sp³-hybridized carbons (Fsp3) is 0.286. The van der Waals surface area contributed by atoms with Crippen molar-refractivity contribution in [2.75, 3.05) is 37.7 Å². The molecule has 8 heteroatoms. The molecule has 4 rings (SSSR count). The number of hydrogen-bond donors (Lipinski definition) is 2. The minimum absolute atomic E-state index is 0.0751. The number of hydrogen-bond acceptors (Lipinski definition) is 5. The van der Waals surface area contributed by atoms with Crippen LogP contribution in [-0.2, 0) is 10.4 Å². The molecule has 7 nitrogen and oxygen atoms in total. The molecule has 1 aliphatic rings. The Hall–Kier alpha value is -3.41. The summed E-state index contributed by atoms with van der Waals surface area (Å²) in [4.78, 5) is 20.6. The number of carbonyl (C=O) groups excluding carboxylic acids is 1. The van der Waals surface area contributed by atoms with E-state index >= 15 is 0 Å². The van der Waals surface area contributed by atoms with Crippen LogP contribution in [0.3, 0.4) is 0 Å². The number of carbonyl (C=O) groups is 1. The van der Waals surface area contributed by atoms with Crippen LogP contribution < -0.4 is 9.64 Å². The topological polar surface area (TPSA) is 77.6 Å². The van der Waals surface area contributed by atoms with Gasteiger partial charge in [-0.2, -0.15) is 0 Å². The van der Waals surface area contributed by atoms with Crippen molar-refractivity contribution in [3.8, 4) is 5.75 Å². The van der Waals surface area contributed by atoms with E-state index in [-0.39, 0.29) is 38.3 Å². The Kier molecular flexibility index (Phi) is 7.92. The lowest BCUT2D eigenvalue weighted by molar-refractivity contribution is -0.123. The average Bonchev–Trinajstić information content (AvgIpc) is 2.88. The molecule has 0 radical (unpaired) electrons. The van der Waals surface area contributed by atoms with Gasteiger partial charge in [0.1, 0.15) is 12.4 Å². The van der Waals surface area contributed by atoms with Crippen LogP contribution in [-0.4, -0.2) is 53.9 Å². The summed E-state index contributed by atoms with van der Waals surface area (Å²) in [5, 5.41) is 20.9. The second kappa shape index (κ2) is 11.1. The molecule has 36 heavy (non-hydrogen) atoms. The fourth-order valence-corrected chi connectivity index (χ4v) is 4.63. The molecule has 186 valence electrons. The van der Waals surface area contributed by atoms with E-state index in [1.165, 1.54) is 0 Å². The zero-order valence-electron chi connectivity index (χ0n) is 20.0. The molecule has 1 aliphatic heterocycles. The predicted octanol–water partition coefficient (Wildman–Crippen LogP) is 4.56. The van der Waals surface area contributed by atoms with Crippen LogP contribution in [0.15, 0.2) is 72.8 Å². The Labute approximate surface area is 215 Å². The minimum atomic E-state index is -1.21. The van der Waals surface area contributed by atoms with Crippen molar-refractivity contribution in [3.63, 3.8) is 0 Å². The summed E-state index contributed by atoms with van der Waals surface area (Å²) >= 11 is 6.12. The van der Waals surface area contributed by atoms with E-state index < -0.39 is 5.60 Å².